The molecule has 3 rings (SSSR count). The fourth-order valence-electron chi connectivity index (χ4n) is 3.32. The summed E-state index contributed by atoms with van der Waals surface area (Å²) in [6, 6.07) is 8.81. The van der Waals surface area contributed by atoms with E-state index in [1.807, 2.05) is 6.07 Å². The van der Waals surface area contributed by atoms with Gasteiger partial charge in [0.1, 0.15) is 0 Å². The van der Waals surface area contributed by atoms with Crippen LogP contribution in [0.25, 0.3) is 0 Å². The zero-order valence-corrected chi connectivity index (χ0v) is 15.9. The maximum Gasteiger partial charge on any atom is 0.203 e. The molecule has 0 bridgehead atoms. The molecule has 3 nitrogen and oxygen atoms in total. The highest BCUT2D eigenvalue weighted by molar-refractivity contribution is 7.95. The number of hydrogen-bond acceptors (Lipinski definition) is 3. The predicted octanol–water partition coefficient (Wildman–Crippen LogP) is 4.10. The molecule has 1 aliphatic heterocycles. The zero-order valence-electron chi connectivity index (χ0n) is 14.1. The molecule has 0 amide bonds. The van der Waals surface area contributed by atoms with Crippen molar-refractivity contribution in [3.63, 3.8) is 0 Å². The van der Waals surface area contributed by atoms with Gasteiger partial charge in [-0.05, 0) is 42.5 Å². The number of benzene rings is 1. The van der Waals surface area contributed by atoms with E-state index < -0.39 is 17.9 Å². The van der Waals surface area contributed by atoms with Gasteiger partial charge in [-0.25, -0.2) is 8.42 Å². The minimum Gasteiger partial charge on any atom is -0.377 e. The van der Waals surface area contributed by atoms with Crippen LogP contribution < -0.4 is 0 Å². The van der Waals surface area contributed by atoms with Crippen LogP contribution in [0.2, 0.25) is 19.6 Å². The summed E-state index contributed by atoms with van der Waals surface area (Å²) >= 11 is 0. The Bertz CT molecular complexity index is 768. The summed E-state index contributed by atoms with van der Waals surface area (Å²) < 4.78 is 31.9. The second-order valence-electron chi connectivity index (χ2n) is 7.26. The van der Waals surface area contributed by atoms with Gasteiger partial charge in [-0.3, -0.25) is 0 Å². The second-order valence-corrected chi connectivity index (χ2v) is 14.3. The van der Waals surface area contributed by atoms with Crippen molar-refractivity contribution in [3.05, 3.63) is 51.6 Å². The average Bonchev–Trinajstić information content (AvgIpc) is 2.45. The SMILES string of the molecule is C[Si](C)(C)C1=C2COCCC/C(S(=O)(=O)c3ccccc3)=C\2C1. The quantitative estimate of drug-likeness (QED) is 0.772. The van der Waals surface area contributed by atoms with Gasteiger partial charge in [0.2, 0.25) is 9.84 Å². The second kappa shape index (κ2) is 6.04. The minimum absolute atomic E-state index is 0.407. The third kappa shape index (κ3) is 3.10. The van der Waals surface area contributed by atoms with Crippen LogP contribution in [0.15, 0.2) is 56.5 Å². The van der Waals surface area contributed by atoms with Gasteiger partial charge < -0.3 is 4.74 Å². The molecule has 0 unspecified atom stereocenters. The first kappa shape index (κ1) is 16.7. The standard InChI is InChI=1S/C18H24O3SSi/c1-23(2,3)18-12-15-16(18)13-21-11-7-10-17(15)22(19,20)14-8-5-4-6-9-14/h4-6,8-9H,7,10-13H2,1-3H3/b17-15+. The molecule has 0 saturated heterocycles. The van der Waals surface area contributed by atoms with Gasteiger partial charge in [-0.2, -0.15) is 0 Å². The van der Waals surface area contributed by atoms with E-state index in [9.17, 15) is 8.42 Å². The summed E-state index contributed by atoms with van der Waals surface area (Å²) in [6.45, 7) is 8.15. The maximum absolute atomic E-state index is 13.1. The van der Waals surface area contributed by atoms with Crippen LogP contribution in [0, 0.1) is 0 Å². The predicted molar refractivity (Wildman–Crippen MR) is 95.7 cm³/mol. The van der Waals surface area contributed by atoms with Gasteiger partial charge in [-0.1, -0.05) is 43.0 Å². The van der Waals surface area contributed by atoms with E-state index in [4.69, 9.17) is 4.74 Å². The molecular formula is C18H24O3SSi. The highest BCUT2D eigenvalue weighted by Gasteiger charge is 2.37. The van der Waals surface area contributed by atoms with E-state index in [-0.39, 0.29) is 0 Å². The Balaban J connectivity index is 2.12. The molecule has 0 spiro atoms. The lowest BCUT2D eigenvalue weighted by Crippen LogP contribution is -2.34. The lowest BCUT2D eigenvalue weighted by molar-refractivity contribution is 0.150. The first-order valence-electron chi connectivity index (χ1n) is 8.14. The van der Waals surface area contributed by atoms with Crippen molar-refractivity contribution in [1.29, 1.82) is 0 Å². The first-order chi connectivity index (χ1) is 10.8. The van der Waals surface area contributed by atoms with E-state index in [0.29, 0.717) is 29.4 Å². The van der Waals surface area contributed by atoms with Crippen LogP contribution in [0.4, 0.5) is 0 Å². The molecule has 0 atom stereocenters. The molecule has 0 radical (unpaired) electrons. The topological polar surface area (TPSA) is 43.4 Å². The summed E-state index contributed by atoms with van der Waals surface area (Å²) in [5.41, 5.74) is 2.21. The van der Waals surface area contributed by atoms with Crippen LogP contribution in [0.1, 0.15) is 19.3 Å². The molecule has 0 fully saturated rings. The van der Waals surface area contributed by atoms with Crippen molar-refractivity contribution in [3.8, 4) is 0 Å². The molecule has 23 heavy (non-hydrogen) atoms. The number of sulfone groups is 1. The monoisotopic (exact) mass is 348 g/mol. The lowest BCUT2D eigenvalue weighted by atomic mass is 9.89. The Morgan fingerprint density at radius 3 is 2.39 bits per heavy atom. The van der Waals surface area contributed by atoms with Gasteiger partial charge in [0, 0.05) is 6.61 Å². The zero-order chi connectivity index (χ0) is 16.7. The minimum atomic E-state index is -3.40. The molecule has 1 aromatic carbocycles. The molecule has 2 aliphatic rings. The van der Waals surface area contributed by atoms with Crippen LogP contribution in [-0.4, -0.2) is 29.7 Å². The van der Waals surface area contributed by atoms with Crippen LogP contribution in [0.5, 0.6) is 0 Å². The summed E-state index contributed by atoms with van der Waals surface area (Å²) in [7, 11) is -4.81. The number of rotatable bonds is 3. The van der Waals surface area contributed by atoms with Crippen molar-refractivity contribution in [1.82, 2.24) is 0 Å². The molecule has 0 saturated carbocycles. The van der Waals surface area contributed by atoms with E-state index in [2.05, 4.69) is 19.6 Å². The molecule has 5 heteroatoms. The Morgan fingerprint density at radius 1 is 1.04 bits per heavy atom. The van der Waals surface area contributed by atoms with E-state index in [1.165, 1.54) is 10.8 Å². The fraction of sp³-hybridized carbons (Fsp3) is 0.444. The van der Waals surface area contributed by atoms with Crippen molar-refractivity contribution in [2.45, 2.75) is 43.8 Å². The largest absolute Gasteiger partial charge is 0.377 e. The van der Waals surface area contributed by atoms with Crippen molar-refractivity contribution in [2.75, 3.05) is 13.2 Å². The fourth-order valence-corrected chi connectivity index (χ4v) is 6.89. The summed E-state index contributed by atoms with van der Waals surface area (Å²) in [5, 5.41) is 1.47. The van der Waals surface area contributed by atoms with Crippen LogP contribution in [0.3, 0.4) is 0 Å². The third-order valence-corrected chi connectivity index (χ3v) is 8.92. The smallest absolute Gasteiger partial charge is 0.203 e. The first-order valence-corrected chi connectivity index (χ1v) is 13.1. The van der Waals surface area contributed by atoms with Crippen molar-refractivity contribution < 1.29 is 13.2 Å². The number of fused-ring (bicyclic) bond motifs is 1. The molecule has 0 N–H and O–H groups in total. The molecule has 1 aliphatic carbocycles. The lowest BCUT2D eigenvalue weighted by Gasteiger charge is -2.37. The summed E-state index contributed by atoms with van der Waals surface area (Å²) in [6.07, 6.45) is 2.17. The summed E-state index contributed by atoms with van der Waals surface area (Å²) in [4.78, 5) is 1.04. The van der Waals surface area contributed by atoms with Crippen LogP contribution >= 0.6 is 0 Å². The van der Waals surface area contributed by atoms with Gasteiger partial charge in [0.25, 0.3) is 0 Å². The Hall–Kier alpha value is -1.17. The van der Waals surface area contributed by atoms with E-state index in [1.54, 1.807) is 24.3 Å². The maximum atomic E-state index is 13.1. The Kier molecular flexibility index (Phi) is 4.38. The van der Waals surface area contributed by atoms with Gasteiger partial charge in [0.15, 0.2) is 0 Å². The van der Waals surface area contributed by atoms with E-state index in [0.717, 1.165) is 18.4 Å². The highest BCUT2D eigenvalue weighted by atomic mass is 32.2. The summed E-state index contributed by atoms with van der Waals surface area (Å²) in [5.74, 6) is 0. The number of allylic oxidation sites excluding steroid dienone is 2. The molecule has 124 valence electrons. The normalized spacial score (nSPS) is 22.9. The molecule has 1 aromatic rings. The molecule has 1 heterocycles. The van der Waals surface area contributed by atoms with Gasteiger partial charge in [-0.15, -0.1) is 0 Å². The Morgan fingerprint density at radius 2 is 1.74 bits per heavy atom. The highest BCUT2D eigenvalue weighted by Crippen LogP contribution is 2.45. The molecular weight excluding hydrogens is 324 g/mol. The molecule has 0 aromatic heterocycles. The Labute approximate surface area is 140 Å². The van der Waals surface area contributed by atoms with Gasteiger partial charge in [0.05, 0.1) is 24.5 Å². The van der Waals surface area contributed by atoms with Crippen LogP contribution in [-0.2, 0) is 14.6 Å². The van der Waals surface area contributed by atoms with E-state index >= 15 is 0 Å². The van der Waals surface area contributed by atoms with Gasteiger partial charge >= 0.3 is 0 Å². The number of ether oxygens (including phenoxy) is 1. The third-order valence-electron chi connectivity index (χ3n) is 4.64. The van der Waals surface area contributed by atoms with Crippen molar-refractivity contribution in [2.24, 2.45) is 0 Å². The number of hydrogen-bond donors (Lipinski definition) is 0. The average molecular weight is 349 g/mol. The van der Waals surface area contributed by atoms with Crippen molar-refractivity contribution >= 4 is 17.9 Å².